The molecule has 1 aromatic carbocycles. The van der Waals surface area contributed by atoms with Gasteiger partial charge in [-0.15, -0.1) is 0 Å². The van der Waals surface area contributed by atoms with Crippen molar-refractivity contribution in [1.82, 2.24) is 4.90 Å². The minimum absolute atomic E-state index is 0.0444. The maximum Gasteiger partial charge on any atom is 0.310 e. The van der Waals surface area contributed by atoms with Gasteiger partial charge in [-0.1, -0.05) is 0 Å². The van der Waals surface area contributed by atoms with Crippen LogP contribution in [-0.2, 0) is 9.53 Å². The van der Waals surface area contributed by atoms with Crippen LogP contribution in [0.4, 0.5) is 8.78 Å². The second kappa shape index (κ2) is 6.65. The van der Waals surface area contributed by atoms with Gasteiger partial charge in [0.25, 0.3) is 5.91 Å². The largest absolute Gasteiger partial charge is 0.466 e. The second-order valence-corrected chi connectivity index (χ2v) is 5.00. The highest BCUT2D eigenvalue weighted by Crippen LogP contribution is 2.20. The van der Waals surface area contributed by atoms with E-state index in [0.29, 0.717) is 32.1 Å². The second-order valence-electron chi connectivity index (χ2n) is 5.00. The van der Waals surface area contributed by atoms with E-state index in [0.717, 1.165) is 12.1 Å². The lowest BCUT2D eigenvalue weighted by molar-refractivity contribution is -0.149. The first kappa shape index (κ1) is 15.4. The lowest BCUT2D eigenvalue weighted by Crippen LogP contribution is -2.42. The molecule has 0 bridgehead atoms. The van der Waals surface area contributed by atoms with Gasteiger partial charge in [-0.05, 0) is 31.9 Å². The Kier molecular flexibility index (Phi) is 4.88. The normalized spacial score (nSPS) is 18.4. The molecule has 0 spiro atoms. The van der Waals surface area contributed by atoms with E-state index >= 15 is 0 Å². The van der Waals surface area contributed by atoms with Gasteiger partial charge in [0.1, 0.15) is 11.6 Å². The van der Waals surface area contributed by atoms with Crippen LogP contribution in [0.15, 0.2) is 18.2 Å². The van der Waals surface area contributed by atoms with E-state index in [2.05, 4.69) is 0 Å². The molecule has 1 unspecified atom stereocenters. The summed E-state index contributed by atoms with van der Waals surface area (Å²) >= 11 is 0. The number of halogens is 2. The Morgan fingerprint density at radius 1 is 1.29 bits per heavy atom. The minimum atomic E-state index is -0.794. The summed E-state index contributed by atoms with van der Waals surface area (Å²) < 4.78 is 31.3. The summed E-state index contributed by atoms with van der Waals surface area (Å²) in [5.41, 5.74) is -0.0444. The zero-order valence-corrected chi connectivity index (χ0v) is 11.8. The molecule has 4 nitrogen and oxygen atoms in total. The lowest BCUT2D eigenvalue weighted by Gasteiger charge is -2.31. The van der Waals surface area contributed by atoms with E-state index in [4.69, 9.17) is 4.74 Å². The Morgan fingerprint density at radius 3 is 2.57 bits per heavy atom. The van der Waals surface area contributed by atoms with E-state index in [1.807, 2.05) is 0 Å². The van der Waals surface area contributed by atoms with Gasteiger partial charge in [-0.3, -0.25) is 9.59 Å². The predicted octanol–water partition coefficient (Wildman–Crippen LogP) is 2.38. The molecule has 114 valence electrons. The Bertz CT molecular complexity index is 527. The number of hydrogen-bond acceptors (Lipinski definition) is 3. The third-order valence-electron chi connectivity index (χ3n) is 3.44. The van der Waals surface area contributed by atoms with Crippen LogP contribution in [-0.4, -0.2) is 36.5 Å². The highest BCUT2D eigenvalue weighted by Gasteiger charge is 2.30. The number of esters is 1. The van der Waals surface area contributed by atoms with Crippen molar-refractivity contribution in [3.05, 3.63) is 35.4 Å². The van der Waals surface area contributed by atoms with E-state index in [9.17, 15) is 18.4 Å². The third kappa shape index (κ3) is 3.77. The molecule has 6 heteroatoms. The molecule has 2 rings (SSSR count). The highest BCUT2D eigenvalue weighted by atomic mass is 19.1. The molecule has 0 aromatic heterocycles. The SMILES string of the molecule is CCOC(=O)C1CCCN(C(=O)c2cc(F)cc(F)c2)C1. The molecule has 1 fully saturated rings. The summed E-state index contributed by atoms with van der Waals surface area (Å²) in [7, 11) is 0. The van der Waals surface area contributed by atoms with Crippen LogP contribution >= 0.6 is 0 Å². The first-order chi connectivity index (χ1) is 10.0. The number of hydrogen-bond donors (Lipinski definition) is 0. The van der Waals surface area contributed by atoms with E-state index < -0.39 is 17.5 Å². The molecule has 0 radical (unpaired) electrons. The van der Waals surface area contributed by atoms with Crippen molar-refractivity contribution < 1.29 is 23.1 Å². The van der Waals surface area contributed by atoms with Crippen molar-refractivity contribution in [1.29, 1.82) is 0 Å². The van der Waals surface area contributed by atoms with Gasteiger partial charge in [0, 0.05) is 24.7 Å². The number of likely N-dealkylation sites (tertiary alicyclic amines) is 1. The number of carbonyl (C=O) groups is 2. The van der Waals surface area contributed by atoms with Crippen molar-refractivity contribution in [2.24, 2.45) is 5.92 Å². The van der Waals surface area contributed by atoms with Crippen molar-refractivity contribution in [3.63, 3.8) is 0 Å². The Labute approximate surface area is 121 Å². The summed E-state index contributed by atoms with van der Waals surface area (Å²) in [4.78, 5) is 25.4. The molecule has 1 aliphatic rings. The minimum Gasteiger partial charge on any atom is -0.466 e. The molecule has 1 atom stereocenters. The van der Waals surface area contributed by atoms with Crippen molar-refractivity contribution in [2.75, 3.05) is 19.7 Å². The fourth-order valence-corrected chi connectivity index (χ4v) is 2.47. The Balaban J connectivity index is 2.10. The van der Waals surface area contributed by atoms with Crippen LogP contribution in [0.5, 0.6) is 0 Å². The first-order valence-corrected chi connectivity index (χ1v) is 6.93. The predicted molar refractivity (Wildman–Crippen MR) is 71.6 cm³/mol. The number of ether oxygens (including phenoxy) is 1. The maximum absolute atomic E-state index is 13.2. The van der Waals surface area contributed by atoms with Crippen LogP contribution in [0.2, 0.25) is 0 Å². The topological polar surface area (TPSA) is 46.6 Å². The number of amides is 1. The fraction of sp³-hybridized carbons (Fsp3) is 0.467. The van der Waals surface area contributed by atoms with Crippen LogP contribution in [0.25, 0.3) is 0 Å². The van der Waals surface area contributed by atoms with Crippen molar-refractivity contribution in [2.45, 2.75) is 19.8 Å². The monoisotopic (exact) mass is 297 g/mol. The molecule has 0 aliphatic carbocycles. The number of rotatable bonds is 3. The molecular weight excluding hydrogens is 280 g/mol. The van der Waals surface area contributed by atoms with Gasteiger partial charge in [-0.25, -0.2) is 8.78 Å². The van der Waals surface area contributed by atoms with Gasteiger partial charge in [0.15, 0.2) is 0 Å². The smallest absolute Gasteiger partial charge is 0.310 e. The molecule has 1 heterocycles. The average molecular weight is 297 g/mol. The summed E-state index contributed by atoms with van der Waals surface area (Å²) in [5.74, 6) is -2.77. The summed E-state index contributed by atoms with van der Waals surface area (Å²) in [6.07, 6.45) is 1.31. The quantitative estimate of drug-likeness (QED) is 0.805. The average Bonchev–Trinajstić information content (AvgIpc) is 2.46. The number of nitrogens with zero attached hydrogens (tertiary/aromatic N) is 1. The Hall–Kier alpha value is -1.98. The van der Waals surface area contributed by atoms with Gasteiger partial charge in [0.05, 0.1) is 12.5 Å². The third-order valence-corrected chi connectivity index (χ3v) is 3.44. The van der Waals surface area contributed by atoms with Crippen molar-refractivity contribution >= 4 is 11.9 Å². The molecule has 0 saturated carbocycles. The van der Waals surface area contributed by atoms with E-state index in [1.165, 1.54) is 4.90 Å². The molecular formula is C15H17F2NO3. The standard InChI is InChI=1S/C15H17F2NO3/c1-2-21-15(20)10-4-3-5-18(9-10)14(19)11-6-12(16)8-13(17)7-11/h6-8,10H,2-5,9H2,1H3. The molecule has 0 N–H and O–H groups in total. The number of piperidine rings is 1. The molecule has 1 aromatic rings. The van der Waals surface area contributed by atoms with Gasteiger partial charge < -0.3 is 9.64 Å². The maximum atomic E-state index is 13.2. The molecule has 21 heavy (non-hydrogen) atoms. The van der Waals surface area contributed by atoms with Gasteiger partial charge in [0.2, 0.25) is 0 Å². The van der Waals surface area contributed by atoms with Crippen LogP contribution < -0.4 is 0 Å². The van der Waals surface area contributed by atoms with E-state index in [1.54, 1.807) is 6.92 Å². The molecule has 1 aliphatic heterocycles. The summed E-state index contributed by atoms with van der Waals surface area (Å²) in [6.45, 7) is 2.69. The van der Waals surface area contributed by atoms with E-state index in [-0.39, 0.29) is 24.0 Å². The zero-order chi connectivity index (χ0) is 15.4. The van der Waals surface area contributed by atoms with Crippen molar-refractivity contribution in [3.8, 4) is 0 Å². The molecule has 1 amide bonds. The first-order valence-electron chi connectivity index (χ1n) is 6.93. The molecule has 1 saturated heterocycles. The number of benzene rings is 1. The van der Waals surface area contributed by atoms with Crippen LogP contribution in [0.3, 0.4) is 0 Å². The lowest BCUT2D eigenvalue weighted by atomic mass is 9.97. The fourth-order valence-electron chi connectivity index (χ4n) is 2.47. The number of carbonyl (C=O) groups excluding carboxylic acids is 2. The van der Waals surface area contributed by atoms with Gasteiger partial charge in [-0.2, -0.15) is 0 Å². The Morgan fingerprint density at radius 2 is 1.95 bits per heavy atom. The zero-order valence-electron chi connectivity index (χ0n) is 11.8. The summed E-state index contributed by atoms with van der Waals surface area (Å²) in [6, 6.07) is 2.72. The van der Waals surface area contributed by atoms with Gasteiger partial charge >= 0.3 is 5.97 Å². The summed E-state index contributed by atoms with van der Waals surface area (Å²) in [5, 5.41) is 0. The van der Waals surface area contributed by atoms with Crippen LogP contribution in [0.1, 0.15) is 30.1 Å². The highest BCUT2D eigenvalue weighted by molar-refractivity contribution is 5.94. The van der Waals surface area contributed by atoms with Crippen LogP contribution in [0, 0.1) is 17.6 Å².